The number of hydrogen-bond donors (Lipinski definition) is 1. The van der Waals surface area contributed by atoms with Gasteiger partial charge in [-0.3, -0.25) is 0 Å². The summed E-state index contributed by atoms with van der Waals surface area (Å²) in [5.41, 5.74) is 1.25. The predicted octanol–water partition coefficient (Wildman–Crippen LogP) is 2.29. The number of methoxy groups -OCH3 is 1. The third-order valence-corrected chi connectivity index (χ3v) is 3.59. The summed E-state index contributed by atoms with van der Waals surface area (Å²) in [7, 11) is 1.72. The molecule has 1 fully saturated rings. The van der Waals surface area contributed by atoms with Crippen molar-refractivity contribution in [2.75, 3.05) is 44.8 Å². The van der Waals surface area contributed by atoms with Crippen molar-refractivity contribution in [3.05, 3.63) is 24.3 Å². The molecule has 1 unspecified atom stereocenters. The molecule has 20 heavy (non-hydrogen) atoms. The second-order valence-electron chi connectivity index (χ2n) is 5.30. The SMILES string of the molecule is COCCC(C)Oc1cccc(N2CCCNCC2)c1. The molecule has 1 aromatic rings. The molecule has 1 atom stereocenters. The Hall–Kier alpha value is -1.26. The Labute approximate surface area is 122 Å². The normalized spacial score (nSPS) is 17.6. The quantitative estimate of drug-likeness (QED) is 0.865. The third-order valence-electron chi connectivity index (χ3n) is 3.59. The van der Waals surface area contributed by atoms with E-state index in [0.29, 0.717) is 0 Å². The molecule has 112 valence electrons. The zero-order chi connectivity index (χ0) is 14.2. The summed E-state index contributed by atoms with van der Waals surface area (Å²) in [4.78, 5) is 2.42. The Bertz CT molecular complexity index is 390. The molecule has 0 amide bonds. The second kappa shape index (κ2) is 8.12. The van der Waals surface area contributed by atoms with E-state index in [1.54, 1.807) is 7.11 Å². The van der Waals surface area contributed by atoms with Gasteiger partial charge in [-0.25, -0.2) is 0 Å². The summed E-state index contributed by atoms with van der Waals surface area (Å²) in [6.07, 6.45) is 2.28. The number of hydrogen-bond acceptors (Lipinski definition) is 4. The standard InChI is InChI=1S/C16H26N2O2/c1-14(7-12-19-2)20-16-6-3-5-15(13-16)18-10-4-8-17-9-11-18/h3,5-6,13-14,17H,4,7-12H2,1-2H3. The summed E-state index contributed by atoms with van der Waals surface area (Å²) in [5, 5.41) is 3.43. The second-order valence-corrected chi connectivity index (χ2v) is 5.30. The average Bonchev–Trinajstić information content (AvgIpc) is 2.74. The van der Waals surface area contributed by atoms with Gasteiger partial charge in [0.05, 0.1) is 6.10 Å². The average molecular weight is 278 g/mol. The van der Waals surface area contributed by atoms with Gasteiger partial charge in [0.25, 0.3) is 0 Å². The van der Waals surface area contributed by atoms with Gasteiger partial charge in [-0.1, -0.05) is 6.07 Å². The Morgan fingerprint density at radius 1 is 1.30 bits per heavy atom. The Morgan fingerprint density at radius 2 is 2.20 bits per heavy atom. The van der Waals surface area contributed by atoms with Gasteiger partial charge in [0.2, 0.25) is 0 Å². The number of nitrogens with one attached hydrogen (secondary N) is 1. The van der Waals surface area contributed by atoms with Gasteiger partial charge in [-0.2, -0.15) is 0 Å². The molecular formula is C16H26N2O2. The van der Waals surface area contributed by atoms with Crippen molar-refractivity contribution in [2.45, 2.75) is 25.9 Å². The van der Waals surface area contributed by atoms with Crippen molar-refractivity contribution >= 4 is 5.69 Å². The highest BCUT2D eigenvalue weighted by atomic mass is 16.5. The van der Waals surface area contributed by atoms with Crippen molar-refractivity contribution in [1.82, 2.24) is 5.32 Å². The van der Waals surface area contributed by atoms with E-state index in [-0.39, 0.29) is 6.10 Å². The lowest BCUT2D eigenvalue weighted by atomic mass is 10.2. The van der Waals surface area contributed by atoms with Crippen LogP contribution in [0.4, 0.5) is 5.69 Å². The van der Waals surface area contributed by atoms with Crippen molar-refractivity contribution in [2.24, 2.45) is 0 Å². The number of anilines is 1. The third kappa shape index (κ3) is 4.69. The van der Waals surface area contributed by atoms with Crippen LogP contribution in [0, 0.1) is 0 Å². The summed E-state index contributed by atoms with van der Waals surface area (Å²) in [6, 6.07) is 8.42. The van der Waals surface area contributed by atoms with Crippen LogP contribution in [0.5, 0.6) is 5.75 Å². The Balaban J connectivity index is 1.96. The topological polar surface area (TPSA) is 33.7 Å². The molecule has 1 heterocycles. The van der Waals surface area contributed by atoms with Crippen LogP contribution in [-0.2, 0) is 4.74 Å². The molecule has 0 aliphatic carbocycles. The largest absolute Gasteiger partial charge is 0.491 e. The first-order valence-electron chi connectivity index (χ1n) is 7.51. The van der Waals surface area contributed by atoms with Crippen LogP contribution < -0.4 is 15.0 Å². The van der Waals surface area contributed by atoms with E-state index in [4.69, 9.17) is 9.47 Å². The minimum absolute atomic E-state index is 0.177. The maximum Gasteiger partial charge on any atom is 0.121 e. The highest BCUT2D eigenvalue weighted by Gasteiger charge is 2.11. The van der Waals surface area contributed by atoms with Gasteiger partial charge in [0.1, 0.15) is 5.75 Å². The number of nitrogens with zero attached hydrogens (tertiary/aromatic N) is 1. The molecule has 4 nitrogen and oxygen atoms in total. The van der Waals surface area contributed by atoms with E-state index in [2.05, 4.69) is 35.3 Å². The fourth-order valence-electron chi connectivity index (χ4n) is 2.43. The zero-order valence-corrected chi connectivity index (χ0v) is 12.6. The van der Waals surface area contributed by atoms with Crippen LogP contribution in [-0.4, -0.2) is 46.0 Å². The smallest absolute Gasteiger partial charge is 0.121 e. The van der Waals surface area contributed by atoms with E-state index in [0.717, 1.165) is 45.0 Å². The van der Waals surface area contributed by atoms with Gasteiger partial charge in [0, 0.05) is 51.5 Å². The molecule has 1 N–H and O–H groups in total. The molecule has 1 aromatic carbocycles. The van der Waals surface area contributed by atoms with Crippen LogP contribution in [0.1, 0.15) is 19.8 Å². The lowest BCUT2D eigenvalue weighted by molar-refractivity contribution is 0.135. The van der Waals surface area contributed by atoms with Gasteiger partial charge >= 0.3 is 0 Å². The fraction of sp³-hybridized carbons (Fsp3) is 0.625. The Morgan fingerprint density at radius 3 is 3.05 bits per heavy atom. The highest BCUT2D eigenvalue weighted by Crippen LogP contribution is 2.23. The van der Waals surface area contributed by atoms with Crippen LogP contribution in [0.3, 0.4) is 0 Å². The molecule has 1 aliphatic rings. The molecule has 0 radical (unpaired) electrons. The predicted molar refractivity (Wildman–Crippen MR) is 82.7 cm³/mol. The summed E-state index contributed by atoms with van der Waals surface area (Å²) >= 11 is 0. The summed E-state index contributed by atoms with van der Waals surface area (Å²) < 4.78 is 11.0. The van der Waals surface area contributed by atoms with Gasteiger partial charge in [-0.15, -0.1) is 0 Å². The summed E-state index contributed by atoms with van der Waals surface area (Å²) in [6.45, 7) is 7.15. The first-order valence-corrected chi connectivity index (χ1v) is 7.51. The number of ether oxygens (including phenoxy) is 2. The molecule has 1 saturated heterocycles. The zero-order valence-electron chi connectivity index (χ0n) is 12.6. The van der Waals surface area contributed by atoms with Crippen LogP contribution in [0.15, 0.2) is 24.3 Å². The molecular weight excluding hydrogens is 252 g/mol. The van der Waals surface area contributed by atoms with E-state index >= 15 is 0 Å². The van der Waals surface area contributed by atoms with Gasteiger partial charge in [-0.05, 0) is 32.0 Å². The fourth-order valence-corrected chi connectivity index (χ4v) is 2.43. The monoisotopic (exact) mass is 278 g/mol. The van der Waals surface area contributed by atoms with Gasteiger partial charge in [0.15, 0.2) is 0 Å². The van der Waals surface area contributed by atoms with Gasteiger partial charge < -0.3 is 19.7 Å². The minimum Gasteiger partial charge on any atom is -0.491 e. The van der Waals surface area contributed by atoms with Crippen molar-refractivity contribution in [3.8, 4) is 5.75 Å². The maximum absolute atomic E-state index is 5.96. The molecule has 4 heteroatoms. The molecule has 2 rings (SSSR count). The van der Waals surface area contributed by atoms with Crippen molar-refractivity contribution in [3.63, 3.8) is 0 Å². The van der Waals surface area contributed by atoms with E-state index < -0.39 is 0 Å². The number of rotatable bonds is 6. The van der Waals surface area contributed by atoms with Crippen LogP contribution >= 0.6 is 0 Å². The van der Waals surface area contributed by atoms with Crippen molar-refractivity contribution in [1.29, 1.82) is 0 Å². The lowest BCUT2D eigenvalue weighted by Crippen LogP contribution is -2.27. The molecule has 0 spiro atoms. The minimum atomic E-state index is 0.177. The first-order chi connectivity index (χ1) is 9.79. The van der Waals surface area contributed by atoms with Crippen LogP contribution in [0.25, 0.3) is 0 Å². The molecule has 0 saturated carbocycles. The number of benzene rings is 1. The first kappa shape index (κ1) is 15.1. The summed E-state index contributed by atoms with van der Waals surface area (Å²) in [5.74, 6) is 0.948. The highest BCUT2D eigenvalue weighted by molar-refractivity contribution is 5.50. The molecule has 1 aliphatic heterocycles. The molecule has 0 aromatic heterocycles. The lowest BCUT2D eigenvalue weighted by Gasteiger charge is -2.23. The van der Waals surface area contributed by atoms with Crippen molar-refractivity contribution < 1.29 is 9.47 Å². The maximum atomic E-state index is 5.96. The van der Waals surface area contributed by atoms with E-state index in [1.807, 2.05) is 6.07 Å². The molecule has 0 bridgehead atoms. The Kier molecular flexibility index (Phi) is 6.15. The van der Waals surface area contributed by atoms with E-state index in [1.165, 1.54) is 12.1 Å². The van der Waals surface area contributed by atoms with E-state index in [9.17, 15) is 0 Å². The van der Waals surface area contributed by atoms with Crippen LogP contribution in [0.2, 0.25) is 0 Å².